The lowest BCUT2D eigenvalue weighted by molar-refractivity contribution is -0.112. The Hall–Kier alpha value is -1.57. The van der Waals surface area contributed by atoms with Gasteiger partial charge in [-0.1, -0.05) is 17.7 Å². The molecule has 0 saturated carbocycles. The van der Waals surface area contributed by atoms with Gasteiger partial charge in [-0.05, 0) is 38.8 Å². The Labute approximate surface area is 90.3 Å². The predicted octanol–water partition coefficient (Wildman–Crippen LogP) is 3.10. The number of allylic oxidation sites excluding steroid dienone is 1. The molecule has 0 amide bonds. The molecule has 0 heterocycles. The van der Waals surface area contributed by atoms with Gasteiger partial charge in [0.1, 0.15) is 5.76 Å². The number of aryl methyl sites for hydroxylation is 3. The third-order valence-corrected chi connectivity index (χ3v) is 2.27. The van der Waals surface area contributed by atoms with Crippen LogP contribution >= 0.6 is 0 Å². The van der Waals surface area contributed by atoms with Gasteiger partial charge in [0.2, 0.25) is 0 Å². The Morgan fingerprint density at radius 2 is 1.67 bits per heavy atom. The first-order valence-electron chi connectivity index (χ1n) is 4.91. The molecule has 0 atom stereocenters. The van der Waals surface area contributed by atoms with Crippen LogP contribution in [0.1, 0.15) is 29.2 Å². The first kappa shape index (κ1) is 11.5. The second-order valence-electron chi connectivity index (χ2n) is 3.91. The summed E-state index contributed by atoms with van der Waals surface area (Å²) in [7, 11) is 0. The van der Waals surface area contributed by atoms with E-state index in [0.29, 0.717) is 0 Å². The molecule has 1 N–H and O–H groups in total. The zero-order valence-electron chi connectivity index (χ0n) is 9.59. The van der Waals surface area contributed by atoms with Crippen LogP contribution < -0.4 is 0 Å². The zero-order chi connectivity index (χ0) is 11.6. The lowest BCUT2D eigenvalue weighted by atomic mass is 9.98. The highest BCUT2D eigenvalue weighted by molar-refractivity contribution is 5.94. The van der Waals surface area contributed by atoms with Crippen LogP contribution in [0.4, 0.5) is 0 Å². The Morgan fingerprint density at radius 1 is 1.20 bits per heavy atom. The number of hydrogen-bond acceptors (Lipinski definition) is 2. The minimum atomic E-state index is -0.146. The minimum Gasteiger partial charge on any atom is -0.507 e. The maximum atomic E-state index is 10.9. The summed E-state index contributed by atoms with van der Waals surface area (Å²) < 4.78 is 0. The molecule has 0 radical (unpaired) electrons. The summed E-state index contributed by atoms with van der Waals surface area (Å²) in [6.07, 6.45) is 1.25. The number of ketones is 1. The van der Waals surface area contributed by atoms with Crippen LogP contribution in [-0.2, 0) is 4.79 Å². The molecule has 1 aromatic carbocycles. The topological polar surface area (TPSA) is 37.3 Å². The number of rotatable bonds is 2. The number of carbonyl (C=O) groups is 1. The third-order valence-electron chi connectivity index (χ3n) is 2.27. The maximum Gasteiger partial charge on any atom is 0.156 e. The number of hydrogen-bond donors (Lipinski definition) is 1. The Bertz CT molecular complexity index is 405. The zero-order valence-corrected chi connectivity index (χ0v) is 9.59. The molecule has 1 aromatic rings. The Kier molecular flexibility index (Phi) is 3.30. The molecule has 0 spiro atoms. The van der Waals surface area contributed by atoms with Crippen LogP contribution in [-0.4, -0.2) is 10.9 Å². The fraction of sp³-hybridized carbons (Fsp3) is 0.308. The van der Waals surface area contributed by atoms with E-state index in [1.807, 2.05) is 32.9 Å². The van der Waals surface area contributed by atoms with Crippen molar-refractivity contribution in [3.8, 4) is 0 Å². The van der Waals surface area contributed by atoms with Crippen molar-refractivity contribution in [2.45, 2.75) is 27.7 Å². The van der Waals surface area contributed by atoms with Crippen molar-refractivity contribution in [3.63, 3.8) is 0 Å². The van der Waals surface area contributed by atoms with Gasteiger partial charge >= 0.3 is 0 Å². The van der Waals surface area contributed by atoms with Crippen LogP contribution in [0.2, 0.25) is 0 Å². The van der Waals surface area contributed by atoms with E-state index in [1.165, 1.54) is 13.0 Å². The van der Waals surface area contributed by atoms with Crippen molar-refractivity contribution in [2.75, 3.05) is 0 Å². The normalized spacial score (nSPS) is 11.6. The summed E-state index contributed by atoms with van der Waals surface area (Å²) in [5, 5.41) is 9.78. The summed E-state index contributed by atoms with van der Waals surface area (Å²) in [4.78, 5) is 10.9. The van der Waals surface area contributed by atoms with Gasteiger partial charge < -0.3 is 5.11 Å². The van der Waals surface area contributed by atoms with Gasteiger partial charge in [0.15, 0.2) is 5.78 Å². The first-order valence-corrected chi connectivity index (χ1v) is 4.91. The average molecular weight is 204 g/mol. The molecule has 2 heteroatoms. The van der Waals surface area contributed by atoms with E-state index in [2.05, 4.69) is 0 Å². The van der Waals surface area contributed by atoms with E-state index >= 15 is 0 Å². The van der Waals surface area contributed by atoms with E-state index < -0.39 is 0 Å². The van der Waals surface area contributed by atoms with Crippen molar-refractivity contribution in [2.24, 2.45) is 0 Å². The molecule has 0 aliphatic rings. The highest BCUT2D eigenvalue weighted by Crippen LogP contribution is 2.22. The Morgan fingerprint density at radius 3 is 2.07 bits per heavy atom. The fourth-order valence-electron chi connectivity index (χ4n) is 1.85. The first-order chi connectivity index (χ1) is 6.91. The van der Waals surface area contributed by atoms with Crippen molar-refractivity contribution in [1.82, 2.24) is 0 Å². The molecule has 0 fully saturated rings. The summed E-state index contributed by atoms with van der Waals surface area (Å²) in [6.45, 7) is 7.30. The molecular weight excluding hydrogens is 188 g/mol. The van der Waals surface area contributed by atoms with Crippen LogP contribution in [0.3, 0.4) is 0 Å². The van der Waals surface area contributed by atoms with Crippen molar-refractivity contribution < 1.29 is 9.90 Å². The molecular formula is C13H16O2. The summed E-state index contributed by atoms with van der Waals surface area (Å²) >= 11 is 0. The molecule has 0 saturated heterocycles. The van der Waals surface area contributed by atoms with Gasteiger partial charge in [0.25, 0.3) is 0 Å². The van der Waals surface area contributed by atoms with E-state index in [9.17, 15) is 9.90 Å². The van der Waals surface area contributed by atoms with Crippen molar-refractivity contribution >= 4 is 11.5 Å². The van der Waals surface area contributed by atoms with Crippen LogP contribution in [0.15, 0.2) is 18.2 Å². The van der Waals surface area contributed by atoms with Gasteiger partial charge in [0, 0.05) is 11.6 Å². The van der Waals surface area contributed by atoms with E-state index in [1.54, 1.807) is 0 Å². The molecule has 0 aliphatic heterocycles. The van der Waals surface area contributed by atoms with Crippen molar-refractivity contribution in [1.29, 1.82) is 0 Å². The van der Waals surface area contributed by atoms with Crippen LogP contribution in [0, 0.1) is 20.8 Å². The molecule has 80 valence electrons. The fourth-order valence-corrected chi connectivity index (χ4v) is 1.85. The summed E-state index contributed by atoms with van der Waals surface area (Å²) in [6, 6.07) is 3.99. The maximum absolute atomic E-state index is 10.9. The molecule has 1 rings (SSSR count). The van der Waals surface area contributed by atoms with Gasteiger partial charge in [0.05, 0.1) is 0 Å². The summed E-state index contributed by atoms with van der Waals surface area (Å²) in [5.74, 6) is -0.0932. The lowest BCUT2D eigenvalue weighted by Crippen LogP contribution is -1.96. The molecule has 0 bridgehead atoms. The summed E-state index contributed by atoms with van der Waals surface area (Å²) in [5.41, 5.74) is 3.89. The average Bonchev–Trinajstić information content (AvgIpc) is 1.99. The largest absolute Gasteiger partial charge is 0.507 e. The number of aliphatic hydroxyl groups excluding tert-OH is 1. The highest BCUT2D eigenvalue weighted by Gasteiger charge is 2.08. The van der Waals surface area contributed by atoms with Crippen LogP contribution in [0.25, 0.3) is 5.76 Å². The number of carbonyl (C=O) groups excluding carboxylic acids is 1. The van der Waals surface area contributed by atoms with E-state index in [4.69, 9.17) is 0 Å². The second kappa shape index (κ2) is 4.30. The second-order valence-corrected chi connectivity index (χ2v) is 3.91. The predicted molar refractivity (Wildman–Crippen MR) is 61.9 cm³/mol. The van der Waals surface area contributed by atoms with Gasteiger partial charge in [-0.15, -0.1) is 0 Å². The molecule has 0 aromatic heterocycles. The monoisotopic (exact) mass is 204 g/mol. The van der Waals surface area contributed by atoms with Gasteiger partial charge in [-0.3, -0.25) is 4.79 Å². The molecule has 15 heavy (non-hydrogen) atoms. The van der Waals surface area contributed by atoms with E-state index in [-0.39, 0.29) is 11.5 Å². The SMILES string of the molecule is CC(=O)C=C(O)c1c(C)cc(C)cc1C. The molecule has 0 aliphatic carbocycles. The lowest BCUT2D eigenvalue weighted by Gasteiger charge is -2.10. The number of benzene rings is 1. The number of aliphatic hydroxyl groups is 1. The highest BCUT2D eigenvalue weighted by atomic mass is 16.3. The van der Waals surface area contributed by atoms with Crippen LogP contribution in [0.5, 0.6) is 0 Å². The minimum absolute atomic E-state index is 0.0532. The van der Waals surface area contributed by atoms with E-state index in [0.717, 1.165) is 22.3 Å². The Balaban J connectivity index is 3.32. The van der Waals surface area contributed by atoms with Gasteiger partial charge in [-0.2, -0.15) is 0 Å². The standard InChI is InChI=1S/C13H16O2/c1-8-5-9(2)13(10(3)6-8)12(15)7-11(4)14/h5-7,15H,1-4H3. The third kappa shape index (κ3) is 2.69. The van der Waals surface area contributed by atoms with Gasteiger partial charge in [-0.25, -0.2) is 0 Å². The van der Waals surface area contributed by atoms with Crippen molar-refractivity contribution in [3.05, 3.63) is 40.5 Å². The quantitative estimate of drug-likeness (QED) is 0.593. The smallest absolute Gasteiger partial charge is 0.156 e. The molecule has 0 unspecified atom stereocenters. The molecule has 2 nitrogen and oxygen atoms in total.